The number of aliphatic imine (C=N–C) groups is 1. The summed E-state index contributed by atoms with van der Waals surface area (Å²) in [6.07, 6.45) is 9.01. The Bertz CT molecular complexity index is 422. The number of nitrogens with one attached hydrogen (secondary N) is 2. The van der Waals surface area contributed by atoms with Crippen LogP contribution in [-0.4, -0.2) is 62.7 Å². The molecule has 1 saturated heterocycles. The van der Waals surface area contributed by atoms with Gasteiger partial charge in [0.15, 0.2) is 5.96 Å². The molecule has 2 rings (SSSR count). The zero-order valence-electron chi connectivity index (χ0n) is 16.1. The van der Waals surface area contributed by atoms with E-state index < -0.39 is 0 Å². The monoisotopic (exact) mass is 352 g/mol. The molecule has 0 aromatic carbocycles. The first-order valence-corrected chi connectivity index (χ1v) is 10.1. The molecular formula is C19H36N4O2. The van der Waals surface area contributed by atoms with Crippen molar-refractivity contribution in [1.82, 2.24) is 15.5 Å². The number of guanidine groups is 1. The van der Waals surface area contributed by atoms with Gasteiger partial charge in [0, 0.05) is 51.9 Å². The van der Waals surface area contributed by atoms with Gasteiger partial charge in [-0.25, -0.2) is 0 Å². The topological polar surface area (TPSA) is 66.0 Å². The molecule has 1 heterocycles. The third kappa shape index (κ3) is 6.84. The second-order valence-electron chi connectivity index (χ2n) is 7.15. The Hall–Kier alpha value is -1.30. The van der Waals surface area contributed by atoms with Gasteiger partial charge < -0.3 is 20.3 Å². The maximum Gasteiger partial charge on any atom is 0.225 e. The standard InChI is InChI=1S/C19H36N4O2/c1-3-25-14-8-7-12-21-19(20-2)22-17-11-13-23(15-17)18(24)16-9-5-4-6-10-16/h16-17H,3-15H2,1-2H3,(H2,20,21,22). The van der Waals surface area contributed by atoms with E-state index in [1.54, 1.807) is 7.05 Å². The van der Waals surface area contributed by atoms with Crippen LogP contribution in [0.4, 0.5) is 0 Å². The molecule has 0 bridgehead atoms. The van der Waals surface area contributed by atoms with E-state index in [0.29, 0.717) is 11.9 Å². The fourth-order valence-corrected chi connectivity index (χ4v) is 3.75. The summed E-state index contributed by atoms with van der Waals surface area (Å²) in [5, 5.41) is 6.83. The van der Waals surface area contributed by atoms with Gasteiger partial charge >= 0.3 is 0 Å². The number of unbranched alkanes of at least 4 members (excludes halogenated alkanes) is 1. The van der Waals surface area contributed by atoms with Gasteiger partial charge in [0.1, 0.15) is 0 Å². The molecular weight excluding hydrogens is 316 g/mol. The number of hydrogen-bond donors (Lipinski definition) is 2. The van der Waals surface area contributed by atoms with E-state index in [0.717, 1.165) is 70.9 Å². The maximum absolute atomic E-state index is 12.6. The number of amides is 1. The van der Waals surface area contributed by atoms with E-state index in [-0.39, 0.29) is 5.92 Å². The van der Waals surface area contributed by atoms with Crippen molar-refractivity contribution in [3.8, 4) is 0 Å². The number of hydrogen-bond acceptors (Lipinski definition) is 3. The largest absolute Gasteiger partial charge is 0.382 e. The van der Waals surface area contributed by atoms with Crippen molar-refractivity contribution in [2.75, 3.05) is 39.9 Å². The number of carbonyl (C=O) groups is 1. The molecule has 144 valence electrons. The Morgan fingerprint density at radius 1 is 1.20 bits per heavy atom. The number of likely N-dealkylation sites (tertiary alicyclic amines) is 1. The molecule has 0 spiro atoms. The van der Waals surface area contributed by atoms with E-state index in [2.05, 4.69) is 20.5 Å². The lowest BCUT2D eigenvalue weighted by molar-refractivity contribution is -0.135. The molecule has 0 radical (unpaired) electrons. The zero-order valence-corrected chi connectivity index (χ0v) is 16.1. The number of nitrogens with zero attached hydrogens (tertiary/aromatic N) is 2. The summed E-state index contributed by atoms with van der Waals surface area (Å²) in [4.78, 5) is 19.0. The van der Waals surface area contributed by atoms with Gasteiger partial charge in [-0.3, -0.25) is 9.79 Å². The third-order valence-electron chi connectivity index (χ3n) is 5.23. The first-order chi connectivity index (χ1) is 12.2. The van der Waals surface area contributed by atoms with Crippen LogP contribution < -0.4 is 10.6 Å². The molecule has 0 aromatic rings. The minimum Gasteiger partial charge on any atom is -0.382 e. The second-order valence-corrected chi connectivity index (χ2v) is 7.15. The molecule has 1 saturated carbocycles. The predicted molar refractivity (Wildman–Crippen MR) is 102 cm³/mol. The fraction of sp³-hybridized carbons (Fsp3) is 0.895. The Morgan fingerprint density at radius 2 is 2.00 bits per heavy atom. The molecule has 2 fully saturated rings. The van der Waals surface area contributed by atoms with Crippen molar-refractivity contribution < 1.29 is 9.53 Å². The maximum atomic E-state index is 12.6. The van der Waals surface area contributed by atoms with E-state index >= 15 is 0 Å². The highest BCUT2D eigenvalue weighted by Gasteiger charge is 2.31. The van der Waals surface area contributed by atoms with Crippen molar-refractivity contribution in [3.05, 3.63) is 0 Å². The average molecular weight is 353 g/mol. The first kappa shape index (κ1) is 20.0. The number of carbonyl (C=O) groups excluding carboxylic acids is 1. The van der Waals surface area contributed by atoms with E-state index in [4.69, 9.17) is 4.74 Å². The van der Waals surface area contributed by atoms with Gasteiger partial charge in [-0.2, -0.15) is 0 Å². The van der Waals surface area contributed by atoms with Crippen molar-refractivity contribution >= 4 is 11.9 Å². The van der Waals surface area contributed by atoms with Crippen LogP contribution in [-0.2, 0) is 9.53 Å². The van der Waals surface area contributed by atoms with E-state index in [1.807, 2.05) is 6.92 Å². The smallest absolute Gasteiger partial charge is 0.225 e. The minimum absolute atomic E-state index is 0.273. The SMILES string of the molecule is CCOCCCCNC(=NC)NC1CCN(C(=O)C2CCCCC2)C1. The van der Waals surface area contributed by atoms with E-state index in [9.17, 15) is 4.79 Å². The van der Waals surface area contributed by atoms with Crippen molar-refractivity contribution in [2.45, 2.75) is 64.3 Å². The first-order valence-electron chi connectivity index (χ1n) is 10.1. The van der Waals surface area contributed by atoms with Crippen LogP contribution in [0.2, 0.25) is 0 Å². The molecule has 2 N–H and O–H groups in total. The van der Waals surface area contributed by atoms with Crippen LogP contribution in [0.25, 0.3) is 0 Å². The van der Waals surface area contributed by atoms with Crippen LogP contribution in [0.3, 0.4) is 0 Å². The van der Waals surface area contributed by atoms with Crippen molar-refractivity contribution in [3.63, 3.8) is 0 Å². The lowest BCUT2D eigenvalue weighted by atomic mass is 9.88. The van der Waals surface area contributed by atoms with Gasteiger partial charge in [0.2, 0.25) is 5.91 Å². The van der Waals surface area contributed by atoms with E-state index in [1.165, 1.54) is 19.3 Å². The highest BCUT2D eigenvalue weighted by molar-refractivity contribution is 5.81. The third-order valence-corrected chi connectivity index (χ3v) is 5.23. The Kier molecular flexibility index (Phi) is 9.08. The fourth-order valence-electron chi connectivity index (χ4n) is 3.75. The van der Waals surface area contributed by atoms with Gasteiger partial charge in [-0.15, -0.1) is 0 Å². The van der Waals surface area contributed by atoms with Gasteiger partial charge in [-0.05, 0) is 39.0 Å². The van der Waals surface area contributed by atoms with Crippen LogP contribution in [0.15, 0.2) is 4.99 Å². The number of rotatable bonds is 8. The molecule has 1 amide bonds. The summed E-state index contributed by atoms with van der Waals surface area (Å²) < 4.78 is 5.35. The van der Waals surface area contributed by atoms with Crippen LogP contribution in [0.5, 0.6) is 0 Å². The Morgan fingerprint density at radius 3 is 2.72 bits per heavy atom. The Balaban J connectivity index is 1.65. The summed E-state index contributed by atoms with van der Waals surface area (Å²) in [5.74, 6) is 1.49. The van der Waals surface area contributed by atoms with Crippen molar-refractivity contribution in [1.29, 1.82) is 0 Å². The summed E-state index contributed by atoms with van der Waals surface area (Å²) in [6, 6.07) is 0.308. The molecule has 25 heavy (non-hydrogen) atoms. The summed E-state index contributed by atoms with van der Waals surface area (Å²) in [7, 11) is 1.80. The van der Waals surface area contributed by atoms with Crippen LogP contribution >= 0.6 is 0 Å². The normalized spacial score (nSPS) is 22.2. The summed E-state index contributed by atoms with van der Waals surface area (Å²) in [5.41, 5.74) is 0. The molecule has 1 unspecified atom stereocenters. The van der Waals surface area contributed by atoms with Gasteiger partial charge in [0.25, 0.3) is 0 Å². The van der Waals surface area contributed by atoms with Gasteiger partial charge in [0.05, 0.1) is 0 Å². The Labute approximate surface area is 152 Å². The minimum atomic E-state index is 0.273. The lowest BCUT2D eigenvalue weighted by Crippen LogP contribution is -2.45. The molecule has 2 aliphatic rings. The molecule has 1 aliphatic heterocycles. The average Bonchev–Trinajstić information content (AvgIpc) is 3.12. The molecule has 6 nitrogen and oxygen atoms in total. The molecule has 0 aromatic heterocycles. The van der Waals surface area contributed by atoms with Crippen LogP contribution in [0, 0.1) is 5.92 Å². The molecule has 1 atom stereocenters. The quantitative estimate of drug-likeness (QED) is 0.399. The summed E-state index contributed by atoms with van der Waals surface area (Å²) in [6.45, 7) is 6.20. The highest BCUT2D eigenvalue weighted by atomic mass is 16.5. The zero-order chi connectivity index (χ0) is 17.9. The second kappa shape index (κ2) is 11.3. The predicted octanol–water partition coefficient (Wildman–Crippen LogP) is 2.15. The summed E-state index contributed by atoms with van der Waals surface area (Å²) >= 11 is 0. The molecule has 6 heteroatoms. The van der Waals surface area contributed by atoms with Crippen LogP contribution in [0.1, 0.15) is 58.3 Å². The number of ether oxygens (including phenoxy) is 1. The lowest BCUT2D eigenvalue weighted by Gasteiger charge is -2.26. The highest BCUT2D eigenvalue weighted by Crippen LogP contribution is 2.26. The van der Waals surface area contributed by atoms with Crippen molar-refractivity contribution in [2.24, 2.45) is 10.9 Å². The molecule has 1 aliphatic carbocycles. The van der Waals surface area contributed by atoms with Gasteiger partial charge in [-0.1, -0.05) is 19.3 Å².